The standard InChI is InChI=1S/C13H14N4O4/c1-7-6-10(18)11(13(20)21-7)8(2)14-15-12(19)9-4-5-17(3)16-9/h4-6,18H,1-3H3,(H,15,19)/b14-8+. The van der Waals surface area contributed by atoms with Crippen LogP contribution in [0.3, 0.4) is 0 Å². The van der Waals surface area contributed by atoms with Crippen LogP contribution in [-0.2, 0) is 7.05 Å². The van der Waals surface area contributed by atoms with E-state index in [1.165, 1.54) is 23.7 Å². The summed E-state index contributed by atoms with van der Waals surface area (Å²) in [6.07, 6.45) is 1.62. The topological polar surface area (TPSA) is 110 Å². The highest BCUT2D eigenvalue weighted by Gasteiger charge is 2.14. The van der Waals surface area contributed by atoms with Crippen LogP contribution in [0.1, 0.15) is 28.7 Å². The van der Waals surface area contributed by atoms with Crippen molar-refractivity contribution in [2.45, 2.75) is 13.8 Å². The van der Waals surface area contributed by atoms with Crippen molar-refractivity contribution in [2.24, 2.45) is 12.1 Å². The molecule has 2 rings (SSSR count). The van der Waals surface area contributed by atoms with E-state index in [-0.39, 0.29) is 28.5 Å². The maximum atomic E-state index is 11.8. The van der Waals surface area contributed by atoms with E-state index >= 15 is 0 Å². The summed E-state index contributed by atoms with van der Waals surface area (Å²) in [5, 5.41) is 17.5. The fraction of sp³-hybridized carbons (Fsp3) is 0.231. The molecule has 0 aliphatic heterocycles. The van der Waals surface area contributed by atoms with Gasteiger partial charge in [-0.1, -0.05) is 0 Å². The highest BCUT2D eigenvalue weighted by molar-refractivity contribution is 6.01. The van der Waals surface area contributed by atoms with E-state index in [2.05, 4.69) is 15.6 Å². The Morgan fingerprint density at radius 3 is 2.81 bits per heavy atom. The lowest BCUT2D eigenvalue weighted by atomic mass is 10.2. The number of nitrogens with one attached hydrogen (secondary N) is 1. The van der Waals surface area contributed by atoms with Gasteiger partial charge in [-0.25, -0.2) is 10.2 Å². The third kappa shape index (κ3) is 3.16. The number of aromatic nitrogens is 2. The first-order valence-electron chi connectivity index (χ1n) is 6.07. The molecule has 0 aromatic carbocycles. The Bertz CT molecular complexity index is 773. The van der Waals surface area contributed by atoms with Crippen molar-refractivity contribution in [2.75, 3.05) is 0 Å². The van der Waals surface area contributed by atoms with Gasteiger partial charge in [0, 0.05) is 19.3 Å². The number of amides is 1. The van der Waals surface area contributed by atoms with Gasteiger partial charge in [-0.05, 0) is 19.9 Å². The highest BCUT2D eigenvalue weighted by atomic mass is 16.4. The number of aryl methyl sites for hydroxylation is 2. The van der Waals surface area contributed by atoms with Crippen LogP contribution in [0.5, 0.6) is 5.75 Å². The predicted molar refractivity (Wildman–Crippen MR) is 74.3 cm³/mol. The van der Waals surface area contributed by atoms with Crippen molar-refractivity contribution >= 4 is 11.6 Å². The molecule has 0 fully saturated rings. The molecule has 2 aromatic rings. The van der Waals surface area contributed by atoms with E-state index in [0.29, 0.717) is 0 Å². The van der Waals surface area contributed by atoms with Gasteiger partial charge in [0.05, 0.1) is 5.71 Å². The van der Waals surface area contributed by atoms with E-state index in [9.17, 15) is 14.7 Å². The molecule has 0 saturated heterocycles. The van der Waals surface area contributed by atoms with Crippen molar-refractivity contribution in [1.29, 1.82) is 0 Å². The van der Waals surface area contributed by atoms with E-state index in [1.807, 2.05) is 0 Å². The molecule has 2 aromatic heterocycles. The number of hydrogen-bond donors (Lipinski definition) is 2. The van der Waals surface area contributed by atoms with Gasteiger partial charge >= 0.3 is 5.63 Å². The van der Waals surface area contributed by atoms with Crippen LogP contribution in [0.15, 0.2) is 32.6 Å². The highest BCUT2D eigenvalue weighted by Crippen LogP contribution is 2.15. The van der Waals surface area contributed by atoms with Gasteiger partial charge in [-0.3, -0.25) is 9.48 Å². The molecule has 2 heterocycles. The monoisotopic (exact) mass is 290 g/mol. The van der Waals surface area contributed by atoms with Crippen molar-refractivity contribution in [3.63, 3.8) is 0 Å². The molecule has 21 heavy (non-hydrogen) atoms. The van der Waals surface area contributed by atoms with Gasteiger partial charge in [0.2, 0.25) is 0 Å². The molecule has 0 spiro atoms. The van der Waals surface area contributed by atoms with Gasteiger partial charge in [0.25, 0.3) is 5.91 Å². The molecule has 0 atom stereocenters. The van der Waals surface area contributed by atoms with Gasteiger partial charge < -0.3 is 9.52 Å². The third-order valence-electron chi connectivity index (χ3n) is 2.69. The molecule has 0 aliphatic carbocycles. The second kappa shape index (κ2) is 5.61. The molecule has 0 unspecified atom stereocenters. The van der Waals surface area contributed by atoms with Crippen molar-refractivity contribution in [3.05, 3.63) is 45.8 Å². The summed E-state index contributed by atoms with van der Waals surface area (Å²) in [7, 11) is 1.68. The average Bonchev–Trinajstić information content (AvgIpc) is 2.81. The molecule has 2 N–H and O–H groups in total. The van der Waals surface area contributed by atoms with Gasteiger partial charge in [0.15, 0.2) is 5.69 Å². The first-order chi connectivity index (χ1) is 9.88. The largest absolute Gasteiger partial charge is 0.507 e. The minimum atomic E-state index is -0.721. The molecule has 0 radical (unpaired) electrons. The fourth-order valence-corrected chi connectivity index (χ4v) is 1.71. The molecule has 0 saturated carbocycles. The molecule has 0 aliphatic rings. The second-order valence-corrected chi connectivity index (χ2v) is 4.42. The Hall–Kier alpha value is -2.90. The number of hydrogen-bond acceptors (Lipinski definition) is 6. The lowest BCUT2D eigenvalue weighted by Crippen LogP contribution is -2.22. The predicted octanol–water partition coefficient (Wildman–Crippen LogP) is 0.541. The van der Waals surface area contributed by atoms with Crippen LogP contribution in [0.25, 0.3) is 0 Å². The molecule has 8 nitrogen and oxygen atoms in total. The van der Waals surface area contributed by atoms with Crippen LogP contribution in [-0.4, -0.2) is 26.5 Å². The third-order valence-corrected chi connectivity index (χ3v) is 2.69. The molecule has 110 valence electrons. The Morgan fingerprint density at radius 2 is 2.24 bits per heavy atom. The normalized spacial score (nSPS) is 11.5. The van der Waals surface area contributed by atoms with Gasteiger partial charge in [-0.2, -0.15) is 10.2 Å². The smallest absolute Gasteiger partial charge is 0.348 e. The first-order valence-corrected chi connectivity index (χ1v) is 6.07. The Labute approximate surface area is 119 Å². The van der Waals surface area contributed by atoms with Gasteiger partial charge in [0.1, 0.15) is 17.1 Å². The minimum absolute atomic E-state index is 0.0954. The molecular weight excluding hydrogens is 276 g/mol. The SMILES string of the molecule is C/C(=N\NC(=O)c1ccn(C)n1)c1c(O)cc(C)oc1=O. The first kappa shape index (κ1) is 14.5. The fourth-order valence-electron chi connectivity index (χ4n) is 1.71. The minimum Gasteiger partial charge on any atom is -0.507 e. The maximum absolute atomic E-state index is 11.8. The van der Waals surface area contributed by atoms with Crippen molar-refractivity contribution < 1.29 is 14.3 Å². The Kier molecular flexibility index (Phi) is 3.88. The Balaban J connectivity index is 2.22. The zero-order valence-corrected chi connectivity index (χ0v) is 11.7. The summed E-state index contributed by atoms with van der Waals surface area (Å²) in [6.45, 7) is 3.01. The number of hydrazone groups is 1. The zero-order chi connectivity index (χ0) is 15.6. The zero-order valence-electron chi connectivity index (χ0n) is 11.7. The molecule has 1 amide bonds. The van der Waals surface area contributed by atoms with Gasteiger partial charge in [-0.15, -0.1) is 0 Å². The molecule has 8 heteroatoms. The average molecular weight is 290 g/mol. The number of aromatic hydroxyl groups is 1. The molecule has 0 bridgehead atoms. The number of nitrogens with zero attached hydrogens (tertiary/aromatic N) is 3. The number of rotatable bonds is 3. The maximum Gasteiger partial charge on any atom is 0.348 e. The summed E-state index contributed by atoms with van der Waals surface area (Å²) in [5.74, 6) is -0.491. The lowest BCUT2D eigenvalue weighted by molar-refractivity contribution is 0.0949. The van der Waals surface area contributed by atoms with E-state index in [1.54, 1.807) is 20.2 Å². The summed E-state index contributed by atoms with van der Waals surface area (Å²) in [4.78, 5) is 23.4. The van der Waals surface area contributed by atoms with Crippen LogP contribution >= 0.6 is 0 Å². The van der Waals surface area contributed by atoms with E-state index in [4.69, 9.17) is 4.42 Å². The number of carbonyl (C=O) groups excluding carboxylic acids is 1. The second-order valence-electron chi connectivity index (χ2n) is 4.42. The summed E-state index contributed by atoms with van der Waals surface area (Å²) < 4.78 is 6.36. The van der Waals surface area contributed by atoms with Crippen molar-refractivity contribution in [1.82, 2.24) is 15.2 Å². The van der Waals surface area contributed by atoms with Crippen LogP contribution < -0.4 is 11.1 Å². The van der Waals surface area contributed by atoms with Crippen molar-refractivity contribution in [3.8, 4) is 5.75 Å². The summed E-state index contributed by atoms with van der Waals surface area (Å²) in [6, 6.07) is 2.83. The van der Waals surface area contributed by atoms with Crippen LogP contribution in [0, 0.1) is 6.92 Å². The number of carbonyl (C=O) groups is 1. The molecular formula is C13H14N4O4. The summed E-state index contributed by atoms with van der Waals surface area (Å²) in [5.41, 5.74) is 1.76. The van der Waals surface area contributed by atoms with Crippen LogP contribution in [0.2, 0.25) is 0 Å². The van der Waals surface area contributed by atoms with E-state index < -0.39 is 11.5 Å². The quantitative estimate of drug-likeness (QED) is 0.633. The lowest BCUT2D eigenvalue weighted by Gasteiger charge is -2.03. The van der Waals surface area contributed by atoms with Crippen LogP contribution in [0.4, 0.5) is 0 Å². The summed E-state index contributed by atoms with van der Waals surface area (Å²) >= 11 is 0. The Morgan fingerprint density at radius 1 is 1.52 bits per heavy atom. The van der Waals surface area contributed by atoms with E-state index in [0.717, 1.165) is 0 Å².